The molecule has 0 saturated carbocycles. The van der Waals surface area contributed by atoms with Crippen LogP contribution in [0.15, 0.2) is 65.1 Å². The van der Waals surface area contributed by atoms with Crippen molar-refractivity contribution in [3.8, 4) is 22.8 Å². The van der Waals surface area contributed by atoms with E-state index in [1.807, 2.05) is 25.2 Å². The lowest BCUT2D eigenvalue weighted by Crippen LogP contribution is -2.13. The lowest BCUT2D eigenvalue weighted by molar-refractivity contribution is 0.441. The molecule has 0 radical (unpaired) electrons. The number of thiazole rings is 1. The minimum atomic E-state index is -3.97. The first-order valence-electron chi connectivity index (χ1n) is 10.2. The fraction of sp³-hybridized carbons (Fsp3) is 0.217. The zero-order chi connectivity index (χ0) is 23.6. The smallest absolute Gasteiger partial charge is 0.263 e. The number of halogens is 1. The van der Waals surface area contributed by atoms with Gasteiger partial charge in [0.15, 0.2) is 16.7 Å². The Labute approximate surface area is 195 Å². The van der Waals surface area contributed by atoms with Crippen LogP contribution < -0.4 is 9.46 Å². The summed E-state index contributed by atoms with van der Waals surface area (Å²) in [7, 11) is -2.15. The Morgan fingerprint density at radius 1 is 1.12 bits per heavy atom. The minimum Gasteiger partial charge on any atom is -0.454 e. The van der Waals surface area contributed by atoms with E-state index in [9.17, 15) is 12.8 Å². The number of rotatable bonds is 8. The summed E-state index contributed by atoms with van der Waals surface area (Å²) in [4.78, 5) is 3.67. The first kappa shape index (κ1) is 22.9. The molecule has 0 unspecified atom stereocenters. The van der Waals surface area contributed by atoms with Crippen molar-refractivity contribution < 1.29 is 17.5 Å². The molecule has 2 aromatic carbocycles. The van der Waals surface area contributed by atoms with Crippen LogP contribution in [0.3, 0.4) is 0 Å². The molecule has 0 fully saturated rings. The van der Waals surface area contributed by atoms with Crippen LogP contribution in [-0.4, -0.2) is 23.2 Å². The second kappa shape index (κ2) is 9.32. The summed E-state index contributed by atoms with van der Waals surface area (Å²) in [6, 6.07) is 11.2. The van der Waals surface area contributed by atoms with Crippen LogP contribution >= 0.6 is 11.3 Å². The molecule has 0 amide bonds. The zero-order valence-electron chi connectivity index (χ0n) is 18.3. The third-order valence-corrected chi connectivity index (χ3v) is 7.03. The Morgan fingerprint density at radius 3 is 2.55 bits per heavy atom. The molecule has 0 aliphatic rings. The summed E-state index contributed by atoms with van der Waals surface area (Å²) < 4.78 is 49.9. The average Bonchev–Trinajstić information content (AvgIpc) is 3.41. The number of nitrogens with zero attached hydrogens (tertiary/aromatic N) is 3. The van der Waals surface area contributed by atoms with Crippen LogP contribution in [0.5, 0.6) is 11.5 Å². The molecule has 7 nitrogen and oxygen atoms in total. The van der Waals surface area contributed by atoms with Gasteiger partial charge in [-0.2, -0.15) is 5.10 Å². The molecule has 4 rings (SSSR count). The van der Waals surface area contributed by atoms with Gasteiger partial charge in [0, 0.05) is 30.4 Å². The van der Waals surface area contributed by atoms with Crippen LogP contribution in [0.4, 0.5) is 9.52 Å². The maximum atomic E-state index is 14.9. The molecular formula is C23H23FN4O3S2. The third kappa shape index (κ3) is 5.23. The number of ether oxygens (including phenoxy) is 1. The normalized spacial score (nSPS) is 11.7. The van der Waals surface area contributed by atoms with E-state index in [-0.39, 0.29) is 15.8 Å². The molecule has 0 atom stereocenters. The Bertz CT molecular complexity index is 1370. The van der Waals surface area contributed by atoms with E-state index in [0.29, 0.717) is 11.7 Å². The average molecular weight is 487 g/mol. The van der Waals surface area contributed by atoms with E-state index in [2.05, 4.69) is 28.7 Å². The first-order chi connectivity index (χ1) is 15.7. The molecule has 1 N–H and O–H groups in total. The summed E-state index contributed by atoms with van der Waals surface area (Å²) in [5, 5.41) is 6.07. The van der Waals surface area contributed by atoms with Gasteiger partial charge in [0.2, 0.25) is 0 Å². The lowest BCUT2D eigenvalue weighted by Gasteiger charge is -2.15. The van der Waals surface area contributed by atoms with Gasteiger partial charge < -0.3 is 4.74 Å². The van der Waals surface area contributed by atoms with Crippen molar-refractivity contribution in [2.75, 3.05) is 4.72 Å². The van der Waals surface area contributed by atoms with Gasteiger partial charge in [-0.3, -0.25) is 9.40 Å². The van der Waals surface area contributed by atoms with Crippen molar-refractivity contribution in [3.05, 3.63) is 71.6 Å². The molecule has 10 heteroatoms. The number of hydrogen-bond acceptors (Lipinski definition) is 6. The van der Waals surface area contributed by atoms with E-state index in [0.717, 1.165) is 40.6 Å². The standard InChI is InChI=1S/C23H23FN4O3S2/c1-15(2)12-16-4-6-21(18(13-16)20-8-9-26-28(20)3)31-22-7-5-17(14-19(22)24)33(29,30)27-23-25-10-11-32-23/h4-11,13-15H,12H2,1-3H3,(H,25,27). The molecule has 2 heterocycles. The van der Waals surface area contributed by atoms with Gasteiger partial charge in [0.05, 0.1) is 10.6 Å². The van der Waals surface area contributed by atoms with E-state index >= 15 is 0 Å². The summed E-state index contributed by atoms with van der Waals surface area (Å²) in [6.45, 7) is 4.28. The van der Waals surface area contributed by atoms with Crippen LogP contribution in [-0.2, 0) is 23.5 Å². The van der Waals surface area contributed by atoms with Gasteiger partial charge in [-0.1, -0.05) is 19.9 Å². The molecule has 2 aromatic heterocycles. The highest BCUT2D eigenvalue weighted by Crippen LogP contribution is 2.36. The number of aromatic nitrogens is 3. The SMILES string of the molecule is CC(C)Cc1ccc(Oc2ccc(S(=O)(=O)Nc3nccs3)cc2F)c(-c2ccnn2C)c1. The summed E-state index contributed by atoms with van der Waals surface area (Å²) in [6.07, 6.45) is 4.05. The van der Waals surface area contributed by atoms with Crippen molar-refractivity contribution in [3.63, 3.8) is 0 Å². The maximum absolute atomic E-state index is 14.9. The molecule has 33 heavy (non-hydrogen) atoms. The number of anilines is 1. The molecular weight excluding hydrogens is 463 g/mol. The number of sulfonamides is 1. The zero-order valence-corrected chi connectivity index (χ0v) is 20.0. The van der Waals surface area contributed by atoms with Crippen molar-refractivity contribution in [2.45, 2.75) is 25.2 Å². The molecule has 4 aromatic rings. The molecule has 0 aliphatic heterocycles. The fourth-order valence-electron chi connectivity index (χ4n) is 3.40. The topological polar surface area (TPSA) is 86.1 Å². The van der Waals surface area contributed by atoms with Gasteiger partial charge in [-0.25, -0.2) is 17.8 Å². The summed E-state index contributed by atoms with van der Waals surface area (Å²) in [5.41, 5.74) is 2.72. The number of benzene rings is 2. The Hall–Kier alpha value is -3.24. The number of aryl methyl sites for hydroxylation is 1. The van der Waals surface area contributed by atoms with Gasteiger partial charge >= 0.3 is 0 Å². The summed E-state index contributed by atoms with van der Waals surface area (Å²) in [5.74, 6) is 0.0463. The van der Waals surface area contributed by atoms with E-state index in [1.54, 1.807) is 22.3 Å². The van der Waals surface area contributed by atoms with Crippen molar-refractivity contribution in [2.24, 2.45) is 13.0 Å². The number of hydrogen-bond donors (Lipinski definition) is 1. The van der Waals surface area contributed by atoms with Crippen molar-refractivity contribution >= 4 is 26.5 Å². The molecule has 0 saturated heterocycles. The minimum absolute atomic E-state index is 0.0803. The Kier molecular flexibility index (Phi) is 6.48. The first-order valence-corrected chi connectivity index (χ1v) is 12.6. The quantitative estimate of drug-likeness (QED) is 0.357. The predicted molar refractivity (Wildman–Crippen MR) is 127 cm³/mol. The van der Waals surface area contributed by atoms with Gasteiger partial charge in [0.1, 0.15) is 5.75 Å². The predicted octanol–water partition coefficient (Wildman–Crippen LogP) is 5.47. The highest BCUT2D eigenvalue weighted by Gasteiger charge is 2.20. The molecule has 0 bridgehead atoms. The largest absolute Gasteiger partial charge is 0.454 e. The third-order valence-electron chi connectivity index (χ3n) is 4.87. The van der Waals surface area contributed by atoms with E-state index in [1.165, 1.54) is 18.3 Å². The molecule has 0 aliphatic carbocycles. The fourth-order valence-corrected chi connectivity index (χ4v) is 5.20. The highest BCUT2D eigenvalue weighted by molar-refractivity contribution is 7.93. The highest BCUT2D eigenvalue weighted by atomic mass is 32.2. The van der Waals surface area contributed by atoms with E-state index in [4.69, 9.17) is 4.74 Å². The Morgan fingerprint density at radius 2 is 1.91 bits per heavy atom. The second-order valence-electron chi connectivity index (χ2n) is 7.91. The van der Waals surface area contributed by atoms with Crippen molar-refractivity contribution in [1.82, 2.24) is 14.8 Å². The van der Waals surface area contributed by atoms with E-state index < -0.39 is 15.8 Å². The number of nitrogens with one attached hydrogen (secondary N) is 1. The molecule has 0 spiro atoms. The monoisotopic (exact) mass is 486 g/mol. The Balaban J connectivity index is 1.65. The van der Waals surface area contributed by atoms with Gasteiger partial charge in [0.25, 0.3) is 10.0 Å². The van der Waals surface area contributed by atoms with Crippen LogP contribution in [0.25, 0.3) is 11.3 Å². The lowest BCUT2D eigenvalue weighted by atomic mass is 9.99. The molecule has 172 valence electrons. The van der Waals surface area contributed by atoms with Crippen LogP contribution in [0.1, 0.15) is 19.4 Å². The van der Waals surface area contributed by atoms with Gasteiger partial charge in [-0.05, 0) is 54.3 Å². The maximum Gasteiger partial charge on any atom is 0.263 e. The summed E-state index contributed by atoms with van der Waals surface area (Å²) >= 11 is 1.13. The second-order valence-corrected chi connectivity index (χ2v) is 10.5. The van der Waals surface area contributed by atoms with Crippen LogP contribution in [0, 0.1) is 11.7 Å². The van der Waals surface area contributed by atoms with Crippen molar-refractivity contribution in [1.29, 1.82) is 0 Å². The van der Waals surface area contributed by atoms with Crippen LogP contribution in [0.2, 0.25) is 0 Å². The van der Waals surface area contributed by atoms with Gasteiger partial charge in [-0.15, -0.1) is 11.3 Å².